The van der Waals surface area contributed by atoms with Crippen LogP contribution in [0.3, 0.4) is 0 Å². The van der Waals surface area contributed by atoms with Crippen molar-refractivity contribution in [3.8, 4) is 0 Å². The van der Waals surface area contributed by atoms with Crippen molar-refractivity contribution in [2.24, 2.45) is 0 Å². The number of ether oxygens (including phenoxy) is 4. The molecule has 1 rings (SSSR count). The number of hydrogen-bond donors (Lipinski definition) is 0. The summed E-state index contributed by atoms with van der Waals surface area (Å²) < 4.78 is 22.2. The zero-order chi connectivity index (χ0) is 16.4. The molecular formula is C15H29NO5. The van der Waals surface area contributed by atoms with E-state index in [0.717, 1.165) is 0 Å². The first-order valence-electron chi connectivity index (χ1n) is 7.25. The highest BCUT2D eigenvalue weighted by molar-refractivity contribution is 5.70. The van der Waals surface area contributed by atoms with E-state index in [1.807, 2.05) is 41.5 Å². The number of amides is 1. The molecule has 1 aliphatic heterocycles. The van der Waals surface area contributed by atoms with Gasteiger partial charge in [0.1, 0.15) is 17.4 Å². The molecule has 0 aromatic rings. The lowest BCUT2D eigenvalue weighted by Crippen LogP contribution is -2.55. The predicted octanol–water partition coefficient (Wildman–Crippen LogP) is 2.41. The fourth-order valence-electron chi connectivity index (χ4n) is 2.54. The molecule has 0 bridgehead atoms. The largest absolute Gasteiger partial charge is 0.444 e. The highest BCUT2D eigenvalue weighted by Gasteiger charge is 2.50. The van der Waals surface area contributed by atoms with Crippen LogP contribution in [0.15, 0.2) is 0 Å². The normalized spacial score (nSPS) is 24.8. The van der Waals surface area contributed by atoms with Gasteiger partial charge in [0.2, 0.25) is 0 Å². The third kappa shape index (κ3) is 4.31. The molecule has 0 aromatic carbocycles. The van der Waals surface area contributed by atoms with Gasteiger partial charge in [0.05, 0.1) is 18.8 Å². The summed E-state index contributed by atoms with van der Waals surface area (Å²) in [6, 6.07) is -0.255. The summed E-state index contributed by atoms with van der Waals surface area (Å²) >= 11 is 0. The quantitative estimate of drug-likeness (QED) is 0.798. The van der Waals surface area contributed by atoms with Gasteiger partial charge >= 0.3 is 6.09 Å². The number of methoxy groups -OCH3 is 2. The van der Waals surface area contributed by atoms with Gasteiger partial charge in [-0.05, 0) is 41.5 Å². The van der Waals surface area contributed by atoms with Gasteiger partial charge in [-0.3, -0.25) is 4.90 Å². The number of carbonyl (C=O) groups is 1. The number of rotatable bonds is 4. The van der Waals surface area contributed by atoms with E-state index >= 15 is 0 Å². The summed E-state index contributed by atoms with van der Waals surface area (Å²) in [4.78, 5) is 14.2. The van der Waals surface area contributed by atoms with Crippen molar-refractivity contribution >= 4 is 6.09 Å². The monoisotopic (exact) mass is 303 g/mol. The molecule has 1 amide bonds. The van der Waals surface area contributed by atoms with Gasteiger partial charge in [0, 0.05) is 14.2 Å². The Morgan fingerprint density at radius 2 is 1.86 bits per heavy atom. The van der Waals surface area contributed by atoms with E-state index in [-0.39, 0.29) is 18.2 Å². The Bertz CT molecular complexity index is 364. The predicted molar refractivity (Wildman–Crippen MR) is 79.2 cm³/mol. The van der Waals surface area contributed by atoms with Crippen molar-refractivity contribution < 1.29 is 23.7 Å². The second-order valence-corrected chi connectivity index (χ2v) is 6.82. The Morgan fingerprint density at radius 3 is 2.29 bits per heavy atom. The van der Waals surface area contributed by atoms with Gasteiger partial charge in [-0.1, -0.05) is 0 Å². The number of nitrogens with zero attached hydrogens (tertiary/aromatic N) is 1. The molecule has 1 saturated heterocycles. The van der Waals surface area contributed by atoms with E-state index in [1.54, 1.807) is 19.1 Å². The maximum atomic E-state index is 12.5. The van der Waals surface area contributed by atoms with E-state index < -0.39 is 17.4 Å². The molecule has 6 heteroatoms. The molecule has 1 fully saturated rings. The fourth-order valence-corrected chi connectivity index (χ4v) is 2.54. The van der Waals surface area contributed by atoms with Crippen molar-refractivity contribution in [2.75, 3.05) is 20.8 Å². The first-order valence-corrected chi connectivity index (χ1v) is 7.25. The molecule has 0 saturated carbocycles. The summed E-state index contributed by atoms with van der Waals surface area (Å²) in [6.45, 7) is 11.5. The van der Waals surface area contributed by atoms with Crippen molar-refractivity contribution in [1.82, 2.24) is 4.90 Å². The van der Waals surface area contributed by atoms with Crippen LogP contribution in [0.1, 0.15) is 41.5 Å². The minimum Gasteiger partial charge on any atom is -0.444 e. The third-order valence-electron chi connectivity index (χ3n) is 3.60. The van der Waals surface area contributed by atoms with Gasteiger partial charge in [0.15, 0.2) is 0 Å². The molecule has 0 aromatic heterocycles. The molecule has 1 aliphatic rings. The molecular weight excluding hydrogens is 274 g/mol. The van der Waals surface area contributed by atoms with Crippen LogP contribution < -0.4 is 0 Å². The molecule has 3 atom stereocenters. The number of carbonyl (C=O) groups excluding carboxylic acids is 1. The first-order chi connectivity index (χ1) is 9.53. The molecule has 0 aliphatic carbocycles. The maximum Gasteiger partial charge on any atom is 0.412 e. The van der Waals surface area contributed by atoms with E-state index in [0.29, 0.717) is 6.61 Å². The lowest BCUT2D eigenvalue weighted by Gasteiger charge is -2.38. The van der Waals surface area contributed by atoms with Crippen LogP contribution in [-0.4, -0.2) is 61.4 Å². The first kappa shape index (κ1) is 18.2. The smallest absolute Gasteiger partial charge is 0.412 e. The lowest BCUT2D eigenvalue weighted by molar-refractivity contribution is -0.0867. The highest BCUT2D eigenvalue weighted by atomic mass is 16.6. The van der Waals surface area contributed by atoms with Crippen LogP contribution in [0.25, 0.3) is 0 Å². The van der Waals surface area contributed by atoms with Crippen molar-refractivity contribution in [3.05, 3.63) is 0 Å². The Labute approximate surface area is 127 Å². The van der Waals surface area contributed by atoms with Gasteiger partial charge in [-0.2, -0.15) is 0 Å². The van der Waals surface area contributed by atoms with Gasteiger partial charge in [-0.15, -0.1) is 0 Å². The second kappa shape index (κ2) is 6.50. The Balaban J connectivity index is 3.00. The summed E-state index contributed by atoms with van der Waals surface area (Å²) in [7, 11) is 3.23. The van der Waals surface area contributed by atoms with Crippen molar-refractivity contribution in [3.63, 3.8) is 0 Å². The summed E-state index contributed by atoms with van der Waals surface area (Å²) in [5, 5.41) is 0. The molecule has 1 heterocycles. The maximum absolute atomic E-state index is 12.5. The van der Waals surface area contributed by atoms with Crippen LogP contribution >= 0.6 is 0 Å². The SMILES string of the molecule is COC(C)[C@H](OC)[C@H]1COC(C)(C)N1C(=O)OC(C)(C)C. The Kier molecular flexibility index (Phi) is 5.63. The zero-order valence-corrected chi connectivity index (χ0v) is 14.4. The zero-order valence-electron chi connectivity index (χ0n) is 14.4. The molecule has 0 N–H and O–H groups in total. The van der Waals surface area contributed by atoms with Crippen LogP contribution in [0.2, 0.25) is 0 Å². The molecule has 21 heavy (non-hydrogen) atoms. The lowest BCUT2D eigenvalue weighted by atomic mass is 10.1. The van der Waals surface area contributed by atoms with Crippen LogP contribution in [-0.2, 0) is 18.9 Å². The van der Waals surface area contributed by atoms with Crippen molar-refractivity contribution in [2.45, 2.75) is 71.1 Å². The molecule has 1 unspecified atom stereocenters. The minimum atomic E-state index is -0.739. The van der Waals surface area contributed by atoms with Crippen LogP contribution in [0, 0.1) is 0 Å². The van der Waals surface area contributed by atoms with E-state index in [4.69, 9.17) is 18.9 Å². The van der Waals surface area contributed by atoms with Gasteiger partial charge in [0.25, 0.3) is 0 Å². The second-order valence-electron chi connectivity index (χ2n) is 6.82. The molecule has 0 radical (unpaired) electrons. The van der Waals surface area contributed by atoms with E-state index in [2.05, 4.69) is 0 Å². The van der Waals surface area contributed by atoms with Crippen LogP contribution in [0.4, 0.5) is 4.79 Å². The topological polar surface area (TPSA) is 57.2 Å². The average molecular weight is 303 g/mol. The summed E-state index contributed by atoms with van der Waals surface area (Å²) in [5.41, 5.74) is -1.30. The Hall–Kier alpha value is -0.850. The minimum absolute atomic E-state index is 0.164. The van der Waals surface area contributed by atoms with E-state index in [1.165, 1.54) is 0 Å². The molecule has 124 valence electrons. The average Bonchev–Trinajstić information content (AvgIpc) is 2.63. The fraction of sp³-hybridized carbons (Fsp3) is 0.933. The third-order valence-corrected chi connectivity index (χ3v) is 3.60. The molecule has 0 spiro atoms. The summed E-state index contributed by atoms with van der Waals surface area (Å²) in [5.74, 6) is 0. The van der Waals surface area contributed by atoms with Gasteiger partial charge in [-0.25, -0.2) is 4.79 Å². The standard InChI is InChI=1S/C15H29NO5/c1-10(18-7)12(19-8)11-9-20-15(5,6)16(11)13(17)21-14(2,3)4/h10-12H,9H2,1-8H3/t10?,11-,12+/m1/s1. The van der Waals surface area contributed by atoms with Gasteiger partial charge < -0.3 is 18.9 Å². The van der Waals surface area contributed by atoms with Crippen LogP contribution in [0.5, 0.6) is 0 Å². The number of hydrogen-bond acceptors (Lipinski definition) is 5. The van der Waals surface area contributed by atoms with Crippen molar-refractivity contribution in [1.29, 1.82) is 0 Å². The summed E-state index contributed by atoms with van der Waals surface area (Å²) in [6.07, 6.45) is -0.855. The Morgan fingerprint density at radius 1 is 1.29 bits per heavy atom. The molecule has 6 nitrogen and oxygen atoms in total. The highest BCUT2D eigenvalue weighted by Crippen LogP contribution is 2.32. The van der Waals surface area contributed by atoms with E-state index in [9.17, 15) is 4.79 Å².